The molecule has 2 fully saturated rings. The molecule has 4 aliphatic rings. The number of amides is 4. The highest BCUT2D eigenvalue weighted by Crippen LogP contribution is 2.35. The first-order chi connectivity index (χ1) is 24.6. The number of nitrogens with two attached hydrogens (primary N) is 2. The second kappa shape index (κ2) is 16.2. The monoisotopic (exact) mass is 746 g/mol. The Labute approximate surface area is 312 Å². The number of aromatic nitrogens is 2. The number of hydrogen-bond donors (Lipinski definition) is 2. The van der Waals surface area contributed by atoms with Gasteiger partial charge in [-0.3, -0.25) is 19.2 Å². The molecule has 4 amide bonds. The van der Waals surface area contributed by atoms with Gasteiger partial charge in [0.15, 0.2) is 0 Å². The van der Waals surface area contributed by atoms with Crippen LogP contribution in [0.5, 0.6) is 0 Å². The Balaban J connectivity index is 0.000000202. The van der Waals surface area contributed by atoms with Crippen LogP contribution in [0.15, 0.2) is 60.5 Å². The van der Waals surface area contributed by atoms with Crippen LogP contribution in [-0.4, -0.2) is 68.6 Å². The molecule has 12 nitrogen and oxygen atoms in total. The molecule has 4 N–H and O–H groups in total. The van der Waals surface area contributed by atoms with Gasteiger partial charge in [-0.2, -0.15) is 0 Å². The standard InChI is InChI=1S/C20H25N3O3S.C18H21N3O3S/c1-11(2)16-9-14(8-12(3)26-16)19-13(4)22-17(27-19)10-18(24)23-7-5-6-15(23)20(21)25;1-10-7-13(8-11(2)24-10)17-12(3)20-15(25-17)9-16(22)21-6-4-5-14(21)18(19)23/h8-9,11,15H,3,5-7,10H2,1-2,4H3,(H2,21,25);7-8,14H,1,4-6,9H2,2-3H3,(H2,19,23)/t15-;14-/m00/s1. The maximum atomic E-state index is 12.6. The average molecular weight is 747 g/mol. The molecule has 0 saturated carbocycles. The number of hydrogen-bond acceptors (Lipinski definition) is 10. The second-order valence-electron chi connectivity index (χ2n) is 13.5. The first kappa shape index (κ1) is 38.4. The summed E-state index contributed by atoms with van der Waals surface area (Å²) in [4.78, 5) is 62.5. The summed E-state index contributed by atoms with van der Waals surface area (Å²) < 4.78 is 11.1. The molecular formula is C38H46N6O6S2. The van der Waals surface area contributed by atoms with E-state index in [0.717, 1.165) is 66.7 Å². The van der Waals surface area contributed by atoms with Crippen LogP contribution in [0.25, 0.3) is 11.1 Å². The minimum absolute atomic E-state index is 0.0969. The van der Waals surface area contributed by atoms with Gasteiger partial charge in [-0.15, -0.1) is 22.7 Å². The van der Waals surface area contributed by atoms with Crippen molar-refractivity contribution in [2.75, 3.05) is 13.1 Å². The zero-order valence-electron chi connectivity index (χ0n) is 30.3. The van der Waals surface area contributed by atoms with Gasteiger partial charge in [-0.25, -0.2) is 9.97 Å². The number of allylic oxidation sites excluding steroid dienone is 8. The molecule has 0 radical (unpaired) electrons. The van der Waals surface area contributed by atoms with Gasteiger partial charge in [-0.1, -0.05) is 27.0 Å². The van der Waals surface area contributed by atoms with Crippen LogP contribution in [0.4, 0.5) is 0 Å². The van der Waals surface area contributed by atoms with Crippen molar-refractivity contribution >= 4 is 57.4 Å². The molecule has 2 aromatic rings. The van der Waals surface area contributed by atoms with Crippen molar-refractivity contribution in [1.29, 1.82) is 0 Å². The zero-order chi connectivity index (χ0) is 37.9. The molecule has 0 spiro atoms. The van der Waals surface area contributed by atoms with Gasteiger partial charge in [0.25, 0.3) is 0 Å². The molecule has 0 aromatic carbocycles. The van der Waals surface area contributed by atoms with E-state index in [0.29, 0.717) is 37.4 Å². The van der Waals surface area contributed by atoms with E-state index >= 15 is 0 Å². The highest BCUT2D eigenvalue weighted by molar-refractivity contribution is 7.13. The molecule has 0 bridgehead atoms. The normalized spacial score (nSPS) is 20.0. The molecule has 2 saturated heterocycles. The predicted octanol–water partition coefficient (Wildman–Crippen LogP) is 5.24. The molecule has 6 rings (SSSR count). The topological polar surface area (TPSA) is 171 Å². The van der Waals surface area contributed by atoms with Gasteiger partial charge in [-0.05, 0) is 70.8 Å². The van der Waals surface area contributed by atoms with E-state index in [1.54, 1.807) is 9.80 Å². The quantitative estimate of drug-likeness (QED) is 0.351. The van der Waals surface area contributed by atoms with E-state index in [2.05, 4.69) is 37.0 Å². The van der Waals surface area contributed by atoms with Crippen LogP contribution >= 0.6 is 22.7 Å². The molecule has 0 aliphatic carbocycles. The highest BCUT2D eigenvalue weighted by atomic mass is 32.1. The summed E-state index contributed by atoms with van der Waals surface area (Å²) in [5, 5.41) is 1.47. The van der Waals surface area contributed by atoms with E-state index in [9.17, 15) is 19.2 Å². The minimum atomic E-state index is -0.490. The Morgan fingerprint density at radius 1 is 0.769 bits per heavy atom. The maximum absolute atomic E-state index is 12.6. The van der Waals surface area contributed by atoms with Crippen molar-refractivity contribution in [3.05, 3.63) is 91.7 Å². The van der Waals surface area contributed by atoms with E-state index in [-0.39, 0.29) is 30.6 Å². The first-order valence-corrected chi connectivity index (χ1v) is 18.9. The van der Waals surface area contributed by atoms with E-state index in [1.165, 1.54) is 22.7 Å². The van der Waals surface area contributed by atoms with Gasteiger partial charge in [0, 0.05) is 30.2 Å². The van der Waals surface area contributed by atoms with Crippen molar-refractivity contribution in [1.82, 2.24) is 19.8 Å². The lowest BCUT2D eigenvalue weighted by Gasteiger charge is -2.21. The van der Waals surface area contributed by atoms with E-state index in [4.69, 9.17) is 20.9 Å². The van der Waals surface area contributed by atoms with Gasteiger partial charge in [0.2, 0.25) is 23.6 Å². The van der Waals surface area contributed by atoms with Crippen molar-refractivity contribution in [2.24, 2.45) is 17.4 Å². The molecule has 276 valence electrons. The Morgan fingerprint density at radius 3 is 1.63 bits per heavy atom. The van der Waals surface area contributed by atoms with Crippen LogP contribution in [-0.2, 0) is 41.5 Å². The van der Waals surface area contributed by atoms with Gasteiger partial charge in [0.05, 0.1) is 34.0 Å². The SMILES string of the molecule is C=C1C=C(c2sc(CC(=O)N3CCC[C@H]3C(N)=O)nc2C)C=C(C(C)C)O1.C=C1C=C(c2sc(CC(=O)N3CCC[C@H]3C(N)=O)nc2C)C=C(C)O1. The molecule has 0 unspecified atom stereocenters. The fraction of sp³-hybridized carbons (Fsp3) is 0.421. The lowest BCUT2D eigenvalue weighted by molar-refractivity contribution is -0.136. The van der Waals surface area contributed by atoms with Gasteiger partial charge < -0.3 is 30.7 Å². The Morgan fingerprint density at radius 2 is 1.21 bits per heavy atom. The number of primary amides is 2. The van der Waals surface area contributed by atoms with E-state index < -0.39 is 23.9 Å². The molecule has 52 heavy (non-hydrogen) atoms. The van der Waals surface area contributed by atoms with Crippen LogP contribution < -0.4 is 11.5 Å². The summed E-state index contributed by atoms with van der Waals surface area (Å²) in [6, 6.07) is -0.976. The fourth-order valence-corrected chi connectivity index (χ4v) is 8.69. The third-order valence-electron chi connectivity index (χ3n) is 9.01. The van der Waals surface area contributed by atoms with Crippen molar-refractivity contribution in [3.8, 4) is 0 Å². The zero-order valence-corrected chi connectivity index (χ0v) is 32.0. The minimum Gasteiger partial charge on any atom is -0.463 e. The average Bonchev–Trinajstić information content (AvgIpc) is 3.87. The highest BCUT2D eigenvalue weighted by Gasteiger charge is 2.34. The van der Waals surface area contributed by atoms with Crippen molar-refractivity contribution in [2.45, 2.75) is 85.2 Å². The third kappa shape index (κ3) is 8.96. The largest absolute Gasteiger partial charge is 0.463 e. The van der Waals surface area contributed by atoms with Gasteiger partial charge >= 0.3 is 0 Å². The second-order valence-corrected chi connectivity index (χ2v) is 15.7. The Hall–Kier alpha value is -4.82. The van der Waals surface area contributed by atoms with E-state index in [1.807, 2.05) is 45.1 Å². The summed E-state index contributed by atoms with van der Waals surface area (Å²) in [5.41, 5.74) is 14.5. The summed E-state index contributed by atoms with van der Waals surface area (Å²) in [7, 11) is 0. The van der Waals surface area contributed by atoms with Crippen LogP contribution in [0.2, 0.25) is 0 Å². The molecular weight excluding hydrogens is 701 g/mol. The van der Waals surface area contributed by atoms with Crippen LogP contribution in [0.1, 0.15) is 77.6 Å². The maximum Gasteiger partial charge on any atom is 0.240 e. The number of carbonyl (C=O) groups is 4. The summed E-state index contributed by atoms with van der Waals surface area (Å²) in [5.74, 6) is 2.01. The number of carbonyl (C=O) groups excluding carboxylic acids is 4. The molecule has 14 heteroatoms. The summed E-state index contributed by atoms with van der Waals surface area (Å²) >= 11 is 2.98. The molecule has 2 aromatic heterocycles. The lowest BCUT2D eigenvalue weighted by atomic mass is 10.0. The van der Waals surface area contributed by atoms with Crippen molar-refractivity contribution in [3.63, 3.8) is 0 Å². The van der Waals surface area contributed by atoms with Gasteiger partial charge in [0.1, 0.15) is 45.1 Å². The number of aryl methyl sites for hydroxylation is 2. The first-order valence-electron chi connectivity index (χ1n) is 17.3. The lowest BCUT2D eigenvalue weighted by Crippen LogP contribution is -2.44. The molecule has 2 atom stereocenters. The van der Waals surface area contributed by atoms with Crippen LogP contribution in [0.3, 0.4) is 0 Å². The van der Waals surface area contributed by atoms with Crippen molar-refractivity contribution < 1.29 is 28.7 Å². The number of rotatable bonds is 9. The Kier molecular flexibility index (Phi) is 12.0. The number of likely N-dealkylation sites (tertiary alicyclic amines) is 2. The third-order valence-corrected chi connectivity index (χ3v) is 11.4. The number of thiazole rings is 2. The molecule has 6 heterocycles. The number of nitrogens with zero attached hydrogens (tertiary/aromatic N) is 4. The number of ether oxygens (including phenoxy) is 2. The smallest absolute Gasteiger partial charge is 0.240 e. The van der Waals surface area contributed by atoms with Crippen LogP contribution in [0, 0.1) is 19.8 Å². The Bertz CT molecular complexity index is 1930. The fourth-order valence-electron chi connectivity index (χ4n) is 6.60. The summed E-state index contributed by atoms with van der Waals surface area (Å²) in [6.45, 7) is 18.8. The predicted molar refractivity (Wildman–Crippen MR) is 202 cm³/mol. The summed E-state index contributed by atoms with van der Waals surface area (Å²) in [6.07, 6.45) is 11.0. The molecule has 4 aliphatic heterocycles.